The van der Waals surface area contributed by atoms with E-state index in [1.54, 1.807) is 18.6 Å². The van der Waals surface area contributed by atoms with Crippen LogP contribution in [-0.4, -0.2) is 9.97 Å². The van der Waals surface area contributed by atoms with Crippen molar-refractivity contribution in [2.24, 2.45) is 0 Å². The molecule has 2 aromatic rings. The fraction of sp³-hybridized carbons (Fsp3) is 0.214. The average molecular weight is 238 g/mol. The molecule has 0 spiro atoms. The van der Waals surface area contributed by atoms with Gasteiger partial charge in [-0.05, 0) is 37.5 Å². The van der Waals surface area contributed by atoms with E-state index in [0.29, 0.717) is 5.95 Å². The van der Waals surface area contributed by atoms with Crippen LogP contribution in [0.5, 0.6) is 0 Å². The molecule has 0 radical (unpaired) electrons. The molecule has 4 nitrogen and oxygen atoms in total. The van der Waals surface area contributed by atoms with E-state index < -0.39 is 0 Å². The largest absolute Gasteiger partial charge is 0.261 e. The number of nitriles is 1. The van der Waals surface area contributed by atoms with Gasteiger partial charge >= 0.3 is 0 Å². The van der Waals surface area contributed by atoms with Crippen molar-refractivity contribution in [3.8, 4) is 17.3 Å². The van der Waals surface area contributed by atoms with E-state index >= 15 is 0 Å². The summed E-state index contributed by atoms with van der Waals surface area (Å²) < 4.78 is 0. The number of aryl methyl sites for hydroxylation is 3. The standard InChI is InChI=1S/C14H14N4/c1-9-4-10(2)13(11(3)5-9)12-6-16-14(17-7-12)18-8-15/h4-7H,1-3H3,(H,16,17,18). The monoisotopic (exact) mass is 238 g/mol. The molecular formula is C14H14N4. The lowest BCUT2D eigenvalue weighted by atomic mass is 9.96. The third-order valence-electron chi connectivity index (χ3n) is 2.79. The van der Waals surface area contributed by atoms with Crippen molar-refractivity contribution >= 4 is 5.95 Å². The molecule has 0 aliphatic carbocycles. The van der Waals surface area contributed by atoms with Gasteiger partial charge in [-0.3, -0.25) is 5.32 Å². The minimum Gasteiger partial charge on any atom is -0.261 e. The van der Waals surface area contributed by atoms with Crippen LogP contribution >= 0.6 is 0 Å². The molecular weight excluding hydrogens is 224 g/mol. The summed E-state index contributed by atoms with van der Waals surface area (Å²) in [4.78, 5) is 8.21. The molecule has 0 aliphatic heterocycles. The molecule has 1 aromatic carbocycles. The number of hydrogen-bond acceptors (Lipinski definition) is 4. The first-order chi connectivity index (χ1) is 8.61. The fourth-order valence-electron chi connectivity index (χ4n) is 2.21. The van der Waals surface area contributed by atoms with Gasteiger partial charge in [-0.2, -0.15) is 5.26 Å². The minimum atomic E-state index is 0.323. The molecule has 1 heterocycles. The summed E-state index contributed by atoms with van der Waals surface area (Å²) in [5.74, 6) is 0.323. The number of hydrogen-bond donors (Lipinski definition) is 1. The third-order valence-corrected chi connectivity index (χ3v) is 2.79. The summed E-state index contributed by atoms with van der Waals surface area (Å²) in [6.07, 6.45) is 5.27. The van der Waals surface area contributed by atoms with E-state index in [4.69, 9.17) is 5.26 Å². The Hall–Kier alpha value is -2.41. The quantitative estimate of drug-likeness (QED) is 0.645. The number of rotatable bonds is 2. The van der Waals surface area contributed by atoms with Crippen LogP contribution < -0.4 is 5.32 Å². The maximum absolute atomic E-state index is 8.48. The van der Waals surface area contributed by atoms with Crippen LogP contribution in [0.3, 0.4) is 0 Å². The van der Waals surface area contributed by atoms with Crippen molar-refractivity contribution in [2.45, 2.75) is 20.8 Å². The van der Waals surface area contributed by atoms with E-state index in [1.165, 1.54) is 16.7 Å². The van der Waals surface area contributed by atoms with Gasteiger partial charge in [0.1, 0.15) is 0 Å². The Morgan fingerprint density at radius 3 is 2.11 bits per heavy atom. The van der Waals surface area contributed by atoms with Crippen LogP contribution in [0.4, 0.5) is 5.95 Å². The van der Waals surface area contributed by atoms with Crippen LogP contribution in [0.15, 0.2) is 24.5 Å². The van der Waals surface area contributed by atoms with Crippen molar-refractivity contribution in [3.05, 3.63) is 41.2 Å². The lowest BCUT2D eigenvalue weighted by molar-refractivity contribution is 1.16. The molecule has 0 saturated carbocycles. The van der Waals surface area contributed by atoms with Crippen LogP contribution in [0.2, 0.25) is 0 Å². The molecule has 18 heavy (non-hydrogen) atoms. The maximum atomic E-state index is 8.48. The zero-order valence-corrected chi connectivity index (χ0v) is 10.7. The molecule has 1 aromatic heterocycles. The summed E-state index contributed by atoms with van der Waals surface area (Å²) in [6, 6.07) is 4.29. The molecule has 1 N–H and O–H groups in total. The highest BCUT2D eigenvalue weighted by Crippen LogP contribution is 2.27. The van der Waals surface area contributed by atoms with Crippen molar-refractivity contribution in [1.82, 2.24) is 9.97 Å². The summed E-state index contributed by atoms with van der Waals surface area (Å²) in [5.41, 5.74) is 5.78. The normalized spacial score (nSPS) is 9.89. The van der Waals surface area contributed by atoms with E-state index in [2.05, 4.69) is 48.2 Å². The Balaban J connectivity index is 2.46. The fourth-order valence-corrected chi connectivity index (χ4v) is 2.21. The Kier molecular flexibility index (Phi) is 3.24. The van der Waals surface area contributed by atoms with Gasteiger partial charge in [0.2, 0.25) is 5.95 Å². The van der Waals surface area contributed by atoms with Gasteiger partial charge < -0.3 is 0 Å². The molecule has 0 unspecified atom stereocenters. The summed E-state index contributed by atoms with van der Waals surface area (Å²) in [6.45, 7) is 6.24. The van der Waals surface area contributed by atoms with Crippen molar-refractivity contribution in [3.63, 3.8) is 0 Å². The number of benzene rings is 1. The van der Waals surface area contributed by atoms with Crippen LogP contribution in [0.25, 0.3) is 11.1 Å². The first-order valence-corrected chi connectivity index (χ1v) is 5.67. The predicted molar refractivity (Wildman–Crippen MR) is 70.9 cm³/mol. The zero-order valence-electron chi connectivity index (χ0n) is 10.7. The number of nitrogens with zero attached hydrogens (tertiary/aromatic N) is 3. The maximum Gasteiger partial charge on any atom is 0.236 e. The molecule has 0 amide bonds. The molecule has 0 bridgehead atoms. The SMILES string of the molecule is Cc1cc(C)c(-c2cnc(NC#N)nc2)c(C)c1. The van der Waals surface area contributed by atoms with Gasteiger partial charge in [-0.15, -0.1) is 0 Å². The zero-order chi connectivity index (χ0) is 13.1. The van der Waals surface area contributed by atoms with Crippen LogP contribution in [0.1, 0.15) is 16.7 Å². The Labute approximate surface area is 106 Å². The highest BCUT2D eigenvalue weighted by molar-refractivity contribution is 5.70. The van der Waals surface area contributed by atoms with Crippen LogP contribution in [-0.2, 0) is 0 Å². The second-order valence-electron chi connectivity index (χ2n) is 4.31. The van der Waals surface area contributed by atoms with Gasteiger partial charge in [-0.1, -0.05) is 17.7 Å². The molecule has 90 valence electrons. The van der Waals surface area contributed by atoms with Gasteiger partial charge in [0, 0.05) is 18.0 Å². The first kappa shape index (κ1) is 12.1. The Morgan fingerprint density at radius 2 is 1.61 bits per heavy atom. The highest BCUT2D eigenvalue weighted by Gasteiger charge is 2.07. The second-order valence-corrected chi connectivity index (χ2v) is 4.31. The molecule has 0 atom stereocenters. The predicted octanol–water partition coefficient (Wildman–Crippen LogP) is 2.96. The van der Waals surface area contributed by atoms with Gasteiger partial charge in [0.15, 0.2) is 6.19 Å². The molecule has 0 fully saturated rings. The number of anilines is 1. The summed E-state index contributed by atoms with van der Waals surface area (Å²) >= 11 is 0. The van der Waals surface area contributed by atoms with Gasteiger partial charge in [-0.25, -0.2) is 9.97 Å². The van der Waals surface area contributed by atoms with Gasteiger partial charge in [0.05, 0.1) is 0 Å². The van der Waals surface area contributed by atoms with Crippen molar-refractivity contribution in [2.75, 3.05) is 5.32 Å². The number of nitrogens with one attached hydrogen (secondary N) is 1. The summed E-state index contributed by atoms with van der Waals surface area (Å²) in [5, 5.41) is 10.9. The lowest BCUT2D eigenvalue weighted by Crippen LogP contribution is -1.97. The van der Waals surface area contributed by atoms with E-state index in [-0.39, 0.29) is 0 Å². The topological polar surface area (TPSA) is 61.6 Å². The van der Waals surface area contributed by atoms with Crippen molar-refractivity contribution in [1.29, 1.82) is 5.26 Å². The smallest absolute Gasteiger partial charge is 0.236 e. The van der Waals surface area contributed by atoms with E-state index in [0.717, 1.165) is 11.1 Å². The molecule has 4 heteroatoms. The first-order valence-electron chi connectivity index (χ1n) is 5.67. The highest BCUT2D eigenvalue weighted by atomic mass is 15.1. The van der Waals surface area contributed by atoms with Crippen molar-refractivity contribution < 1.29 is 0 Å². The Bertz CT molecular complexity index is 586. The lowest BCUT2D eigenvalue weighted by Gasteiger charge is -2.11. The van der Waals surface area contributed by atoms with Gasteiger partial charge in [0.25, 0.3) is 0 Å². The Morgan fingerprint density at radius 1 is 1.06 bits per heavy atom. The van der Waals surface area contributed by atoms with E-state index in [1.807, 2.05) is 0 Å². The molecule has 0 aliphatic rings. The van der Waals surface area contributed by atoms with Crippen LogP contribution in [0, 0.1) is 32.2 Å². The minimum absolute atomic E-state index is 0.323. The summed E-state index contributed by atoms with van der Waals surface area (Å²) in [7, 11) is 0. The molecule has 0 saturated heterocycles. The molecule has 2 rings (SSSR count). The average Bonchev–Trinajstić information content (AvgIpc) is 2.30. The van der Waals surface area contributed by atoms with E-state index in [9.17, 15) is 0 Å². The third kappa shape index (κ3) is 2.30. The number of aromatic nitrogens is 2. The second kappa shape index (κ2) is 4.84.